The molecule has 0 aliphatic heterocycles. The van der Waals surface area contributed by atoms with Crippen LogP contribution in [-0.4, -0.2) is 23.1 Å². The Bertz CT molecular complexity index is 449. The van der Waals surface area contributed by atoms with Gasteiger partial charge in [-0.2, -0.15) is 0 Å². The molecule has 0 fully saturated rings. The van der Waals surface area contributed by atoms with Gasteiger partial charge in [-0.3, -0.25) is 0 Å². The van der Waals surface area contributed by atoms with Gasteiger partial charge in [-0.1, -0.05) is 38.8 Å². The molecular formula is C15H21Br2NO2. The van der Waals surface area contributed by atoms with E-state index in [0.29, 0.717) is 13.1 Å². The Morgan fingerprint density at radius 3 is 2.20 bits per heavy atom. The summed E-state index contributed by atoms with van der Waals surface area (Å²) in [5.74, 6) is 0. The molecule has 1 amide bonds. The van der Waals surface area contributed by atoms with Crippen LogP contribution in [0.3, 0.4) is 0 Å². The van der Waals surface area contributed by atoms with Crippen molar-refractivity contribution in [2.75, 3.05) is 6.54 Å². The van der Waals surface area contributed by atoms with Gasteiger partial charge in [-0.05, 0) is 51.0 Å². The third-order valence-electron chi connectivity index (χ3n) is 2.44. The van der Waals surface area contributed by atoms with Gasteiger partial charge in [0, 0.05) is 22.0 Å². The number of rotatable bonds is 4. The molecule has 20 heavy (non-hydrogen) atoms. The highest BCUT2D eigenvalue weighted by Gasteiger charge is 2.21. The Morgan fingerprint density at radius 1 is 1.20 bits per heavy atom. The van der Waals surface area contributed by atoms with E-state index in [0.717, 1.165) is 20.9 Å². The number of benzene rings is 1. The Kier molecular flexibility index (Phi) is 6.52. The van der Waals surface area contributed by atoms with E-state index in [1.165, 1.54) is 0 Å². The van der Waals surface area contributed by atoms with Crippen molar-refractivity contribution in [1.29, 1.82) is 0 Å². The van der Waals surface area contributed by atoms with Crippen LogP contribution in [-0.2, 0) is 11.3 Å². The fourth-order valence-electron chi connectivity index (χ4n) is 1.75. The molecule has 0 aliphatic carbocycles. The summed E-state index contributed by atoms with van der Waals surface area (Å²) in [6.45, 7) is 8.91. The van der Waals surface area contributed by atoms with Gasteiger partial charge in [0.15, 0.2) is 0 Å². The van der Waals surface area contributed by atoms with Crippen molar-refractivity contribution in [1.82, 2.24) is 4.90 Å². The number of nitrogens with zero attached hydrogens (tertiary/aromatic N) is 1. The summed E-state index contributed by atoms with van der Waals surface area (Å²) in [6, 6.07) is 6.00. The summed E-state index contributed by atoms with van der Waals surface area (Å²) in [5.41, 5.74) is 0.589. The third kappa shape index (κ3) is 6.27. The lowest BCUT2D eigenvalue weighted by molar-refractivity contribution is 0.0233. The lowest BCUT2D eigenvalue weighted by Gasteiger charge is -2.27. The van der Waals surface area contributed by atoms with E-state index in [-0.39, 0.29) is 6.09 Å². The smallest absolute Gasteiger partial charge is 0.410 e. The summed E-state index contributed by atoms with van der Waals surface area (Å²) in [5, 5.41) is 0. The van der Waals surface area contributed by atoms with E-state index in [1.807, 2.05) is 45.9 Å². The van der Waals surface area contributed by atoms with Gasteiger partial charge in [-0.25, -0.2) is 4.79 Å². The molecule has 3 nitrogen and oxygen atoms in total. The fourth-order valence-corrected chi connectivity index (χ4v) is 3.14. The summed E-state index contributed by atoms with van der Waals surface area (Å²) in [6.07, 6.45) is 0.629. The molecule has 1 aromatic carbocycles. The molecule has 0 spiro atoms. The topological polar surface area (TPSA) is 29.5 Å². The maximum Gasteiger partial charge on any atom is 0.410 e. The van der Waals surface area contributed by atoms with Crippen molar-refractivity contribution in [3.63, 3.8) is 0 Å². The van der Waals surface area contributed by atoms with Crippen LogP contribution in [0.25, 0.3) is 0 Å². The van der Waals surface area contributed by atoms with Crippen molar-refractivity contribution in [2.24, 2.45) is 0 Å². The van der Waals surface area contributed by atoms with Gasteiger partial charge in [0.25, 0.3) is 0 Å². The zero-order valence-corrected chi connectivity index (χ0v) is 15.5. The fraction of sp³-hybridized carbons (Fsp3) is 0.533. The molecule has 0 atom stereocenters. The predicted molar refractivity (Wildman–Crippen MR) is 88.8 cm³/mol. The summed E-state index contributed by atoms with van der Waals surface area (Å²) < 4.78 is 7.43. The molecule has 0 aliphatic rings. The van der Waals surface area contributed by atoms with Crippen molar-refractivity contribution in [2.45, 2.75) is 46.3 Å². The average molecular weight is 407 g/mol. The predicted octanol–water partition coefficient (Wildman–Crippen LogP) is 5.36. The normalized spacial score (nSPS) is 11.3. The number of ether oxygens (including phenoxy) is 1. The van der Waals surface area contributed by atoms with Crippen molar-refractivity contribution in [3.05, 3.63) is 32.7 Å². The largest absolute Gasteiger partial charge is 0.444 e. The third-order valence-corrected chi connectivity index (χ3v) is 3.36. The number of halogens is 2. The number of hydrogen-bond donors (Lipinski definition) is 0. The highest BCUT2D eigenvalue weighted by molar-refractivity contribution is 9.11. The molecule has 1 rings (SSSR count). The highest BCUT2D eigenvalue weighted by Crippen LogP contribution is 2.22. The first-order valence-electron chi connectivity index (χ1n) is 6.64. The van der Waals surface area contributed by atoms with Crippen LogP contribution in [0, 0.1) is 0 Å². The minimum atomic E-state index is -0.471. The van der Waals surface area contributed by atoms with Crippen LogP contribution in [0.5, 0.6) is 0 Å². The first-order valence-corrected chi connectivity index (χ1v) is 8.23. The van der Waals surface area contributed by atoms with Gasteiger partial charge in [-0.15, -0.1) is 0 Å². The molecule has 1 aromatic rings. The molecule has 112 valence electrons. The Morgan fingerprint density at radius 2 is 1.75 bits per heavy atom. The van der Waals surface area contributed by atoms with Gasteiger partial charge in [0.1, 0.15) is 5.60 Å². The van der Waals surface area contributed by atoms with Crippen molar-refractivity contribution < 1.29 is 9.53 Å². The van der Waals surface area contributed by atoms with Crippen LogP contribution in [0.15, 0.2) is 27.1 Å². The molecule has 0 saturated heterocycles. The van der Waals surface area contributed by atoms with Gasteiger partial charge < -0.3 is 9.64 Å². The Labute approximate surface area is 137 Å². The van der Waals surface area contributed by atoms with Crippen molar-refractivity contribution >= 4 is 38.0 Å². The quantitative estimate of drug-likeness (QED) is 0.673. The molecule has 0 aromatic heterocycles. The minimum Gasteiger partial charge on any atom is -0.444 e. The highest BCUT2D eigenvalue weighted by atomic mass is 79.9. The SMILES string of the molecule is CCCN(Cc1cc(Br)cc(Br)c1)C(=O)OC(C)(C)C. The van der Waals surface area contributed by atoms with E-state index >= 15 is 0 Å². The second-order valence-electron chi connectivity index (χ2n) is 5.68. The number of carbonyl (C=O) groups is 1. The minimum absolute atomic E-state index is 0.268. The van der Waals surface area contributed by atoms with Crippen LogP contribution >= 0.6 is 31.9 Å². The van der Waals surface area contributed by atoms with Gasteiger partial charge >= 0.3 is 6.09 Å². The summed E-state index contributed by atoms with van der Waals surface area (Å²) >= 11 is 6.93. The van der Waals surface area contributed by atoms with Crippen LogP contribution in [0.2, 0.25) is 0 Å². The molecule has 0 bridgehead atoms. The first-order chi connectivity index (χ1) is 9.21. The van der Waals surface area contributed by atoms with Gasteiger partial charge in [0.2, 0.25) is 0 Å². The lowest BCUT2D eigenvalue weighted by Crippen LogP contribution is -2.36. The van der Waals surface area contributed by atoms with E-state index in [4.69, 9.17) is 4.74 Å². The second-order valence-corrected chi connectivity index (χ2v) is 7.51. The maximum atomic E-state index is 12.2. The molecule has 0 saturated carbocycles. The summed E-state index contributed by atoms with van der Waals surface area (Å²) in [7, 11) is 0. The molecular weight excluding hydrogens is 386 g/mol. The molecule has 5 heteroatoms. The first kappa shape index (κ1) is 17.5. The molecule has 0 radical (unpaired) electrons. The summed E-state index contributed by atoms with van der Waals surface area (Å²) in [4.78, 5) is 13.9. The van der Waals surface area contributed by atoms with Gasteiger partial charge in [0.05, 0.1) is 0 Å². The number of amides is 1. The van der Waals surface area contributed by atoms with E-state index in [2.05, 4.69) is 31.9 Å². The van der Waals surface area contributed by atoms with E-state index in [9.17, 15) is 4.79 Å². The van der Waals surface area contributed by atoms with E-state index in [1.54, 1.807) is 4.90 Å². The Hall–Kier alpha value is -0.550. The zero-order chi connectivity index (χ0) is 15.3. The van der Waals surface area contributed by atoms with E-state index < -0.39 is 5.60 Å². The number of hydrogen-bond acceptors (Lipinski definition) is 2. The molecule has 0 unspecified atom stereocenters. The number of carbonyl (C=O) groups excluding carboxylic acids is 1. The maximum absolute atomic E-state index is 12.2. The van der Waals surface area contributed by atoms with Crippen LogP contribution in [0.4, 0.5) is 4.79 Å². The second kappa shape index (κ2) is 7.46. The average Bonchev–Trinajstić information content (AvgIpc) is 2.24. The lowest BCUT2D eigenvalue weighted by atomic mass is 10.2. The molecule has 0 heterocycles. The standard InChI is InChI=1S/C15H21Br2NO2/c1-5-6-18(14(19)20-15(2,3)4)10-11-7-12(16)9-13(17)8-11/h7-9H,5-6,10H2,1-4H3. The molecule has 0 N–H and O–H groups in total. The zero-order valence-electron chi connectivity index (χ0n) is 12.4. The van der Waals surface area contributed by atoms with Crippen molar-refractivity contribution in [3.8, 4) is 0 Å². The van der Waals surface area contributed by atoms with Crippen LogP contribution in [0.1, 0.15) is 39.7 Å². The monoisotopic (exact) mass is 405 g/mol. The Balaban J connectivity index is 2.83. The van der Waals surface area contributed by atoms with Crippen LogP contribution < -0.4 is 0 Å².